The van der Waals surface area contributed by atoms with E-state index < -0.39 is 0 Å². The maximum Gasteiger partial charge on any atom is 0.0630 e. The number of hydrogen-bond acceptors (Lipinski definition) is 3. The molecular weight excluding hydrogens is 224 g/mol. The highest BCUT2D eigenvalue weighted by Crippen LogP contribution is 2.25. The van der Waals surface area contributed by atoms with Gasteiger partial charge in [-0.3, -0.25) is 4.90 Å². The Bertz CT molecular complexity index is 201. The van der Waals surface area contributed by atoms with E-state index in [1.54, 1.807) is 0 Å². The second-order valence-electron chi connectivity index (χ2n) is 5.93. The molecule has 1 rings (SSSR count). The fourth-order valence-corrected chi connectivity index (χ4v) is 2.88. The van der Waals surface area contributed by atoms with Crippen molar-refractivity contribution in [2.24, 2.45) is 11.8 Å². The largest absolute Gasteiger partial charge is 0.383 e. The molecule has 1 heterocycles. The summed E-state index contributed by atoms with van der Waals surface area (Å²) < 4.78 is 5.38. The molecule has 0 bridgehead atoms. The molecule has 3 heteroatoms. The second-order valence-corrected chi connectivity index (χ2v) is 5.93. The van der Waals surface area contributed by atoms with Crippen molar-refractivity contribution in [2.75, 3.05) is 39.9 Å². The Morgan fingerprint density at radius 3 is 2.44 bits per heavy atom. The Morgan fingerprint density at radius 1 is 1.28 bits per heavy atom. The van der Waals surface area contributed by atoms with Crippen LogP contribution in [0, 0.1) is 11.8 Å². The van der Waals surface area contributed by atoms with Crippen molar-refractivity contribution in [3.8, 4) is 0 Å². The predicted molar refractivity (Wildman–Crippen MR) is 78.0 cm³/mol. The van der Waals surface area contributed by atoms with Gasteiger partial charge in [0.25, 0.3) is 0 Å². The Balaban J connectivity index is 2.34. The van der Waals surface area contributed by atoms with Crippen molar-refractivity contribution in [3.05, 3.63) is 0 Å². The van der Waals surface area contributed by atoms with Crippen LogP contribution in [0.15, 0.2) is 0 Å². The van der Waals surface area contributed by atoms with Crippen LogP contribution in [0.4, 0.5) is 0 Å². The highest BCUT2D eigenvalue weighted by Gasteiger charge is 2.26. The lowest BCUT2D eigenvalue weighted by Gasteiger charge is -2.38. The number of piperidine rings is 1. The Labute approximate surface area is 113 Å². The number of rotatable bonds is 8. The van der Waals surface area contributed by atoms with Crippen molar-refractivity contribution in [3.63, 3.8) is 0 Å². The van der Waals surface area contributed by atoms with E-state index in [9.17, 15) is 0 Å². The van der Waals surface area contributed by atoms with Gasteiger partial charge in [-0.1, -0.05) is 20.8 Å². The van der Waals surface area contributed by atoms with Gasteiger partial charge in [-0.2, -0.15) is 0 Å². The summed E-state index contributed by atoms with van der Waals surface area (Å²) in [6.07, 6.45) is 3.91. The summed E-state index contributed by atoms with van der Waals surface area (Å²) in [5, 5.41) is 3.53. The zero-order valence-corrected chi connectivity index (χ0v) is 12.7. The average molecular weight is 256 g/mol. The van der Waals surface area contributed by atoms with Gasteiger partial charge in [0, 0.05) is 19.7 Å². The minimum atomic E-state index is 0.551. The third-order valence-corrected chi connectivity index (χ3v) is 4.20. The molecule has 1 aliphatic heterocycles. The minimum Gasteiger partial charge on any atom is -0.383 e. The summed E-state index contributed by atoms with van der Waals surface area (Å²) in [7, 11) is 1.81. The molecule has 0 saturated carbocycles. The molecule has 0 amide bonds. The summed E-state index contributed by atoms with van der Waals surface area (Å²) in [6.45, 7) is 12.4. The van der Waals surface area contributed by atoms with Crippen LogP contribution in [-0.4, -0.2) is 50.8 Å². The predicted octanol–water partition coefficient (Wildman–Crippen LogP) is 2.37. The molecule has 1 saturated heterocycles. The lowest BCUT2D eigenvalue weighted by molar-refractivity contribution is 0.0577. The third kappa shape index (κ3) is 5.25. The van der Waals surface area contributed by atoms with Gasteiger partial charge >= 0.3 is 0 Å². The van der Waals surface area contributed by atoms with E-state index in [-0.39, 0.29) is 0 Å². The van der Waals surface area contributed by atoms with E-state index in [0.717, 1.165) is 31.5 Å². The lowest BCUT2D eigenvalue weighted by atomic mass is 9.86. The van der Waals surface area contributed by atoms with Gasteiger partial charge < -0.3 is 10.1 Å². The van der Waals surface area contributed by atoms with Crippen LogP contribution in [0.2, 0.25) is 0 Å². The Kier molecular flexibility index (Phi) is 7.87. The van der Waals surface area contributed by atoms with Crippen LogP contribution in [0.25, 0.3) is 0 Å². The van der Waals surface area contributed by atoms with Crippen LogP contribution < -0.4 is 5.32 Å². The summed E-state index contributed by atoms with van der Waals surface area (Å²) in [5.41, 5.74) is 0. The normalized spacial score (nSPS) is 20.5. The van der Waals surface area contributed by atoms with Gasteiger partial charge in [-0.25, -0.2) is 0 Å². The van der Waals surface area contributed by atoms with Gasteiger partial charge in [0.15, 0.2) is 0 Å². The highest BCUT2D eigenvalue weighted by atomic mass is 16.5. The minimum absolute atomic E-state index is 0.551. The standard InChI is InChI=1S/C15H32N2O/c1-5-8-16-11-15(12-18-4)17-9-6-14(7-10-17)13(2)3/h13-16H,5-12H2,1-4H3. The molecule has 0 aromatic carbocycles. The van der Waals surface area contributed by atoms with Crippen LogP contribution in [0.3, 0.4) is 0 Å². The van der Waals surface area contributed by atoms with E-state index >= 15 is 0 Å². The fourth-order valence-electron chi connectivity index (χ4n) is 2.88. The van der Waals surface area contributed by atoms with Crippen LogP contribution in [0.5, 0.6) is 0 Å². The second kappa shape index (κ2) is 8.89. The average Bonchev–Trinajstić information content (AvgIpc) is 2.38. The monoisotopic (exact) mass is 256 g/mol. The number of hydrogen-bond donors (Lipinski definition) is 1. The molecule has 18 heavy (non-hydrogen) atoms. The smallest absolute Gasteiger partial charge is 0.0630 e. The van der Waals surface area contributed by atoms with Gasteiger partial charge in [-0.15, -0.1) is 0 Å². The number of methoxy groups -OCH3 is 1. The van der Waals surface area contributed by atoms with Crippen molar-refractivity contribution < 1.29 is 4.74 Å². The topological polar surface area (TPSA) is 24.5 Å². The molecule has 0 aromatic rings. The van der Waals surface area contributed by atoms with E-state index in [0.29, 0.717) is 6.04 Å². The Morgan fingerprint density at radius 2 is 1.94 bits per heavy atom. The summed E-state index contributed by atoms with van der Waals surface area (Å²) in [6, 6.07) is 0.551. The van der Waals surface area contributed by atoms with E-state index in [4.69, 9.17) is 4.74 Å². The summed E-state index contributed by atoms with van der Waals surface area (Å²) in [5.74, 6) is 1.76. The number of nitrogens with one attached hydrogen (secondary N) is 1. The van der Waals surface area contributed by atoms with Crippen molar-refractivity contribution in [1.29, 1.82) is 0 Å². The number of ether oxygens (including phenoxy) is 1. The Hall–Kier alpha value is -0.120. The molecular formula is C15H32N2O. The number of likely N-dealkylation sites (tertiary alicyclic amines) is 1. The maximum atomic E-state index is 5.38. The number of nitrogens with zero attached hydrogens (tertiary/aromatic N) is 1. The molecule has 108 valence electrons. The first kappa shape index (κ1) is 15.9. The van der Waals surface area contributed by atoms with Crippen molar-refractivity contribution >= 4 is 0 Å². The molecule has 0 radical (unpaired) electrons. The van der Waals surface area contributed by atoms with E-state index in [2.05, 4.69) is 31.0 Å². The van der Waals surface area contributed by atoms with E-state index in [1.807, 2.05) is 7.11 Å². The van der Waals surface area contributed by atoms with Gasteiger partial charge in [-0.05, 0) is 50.7 Å². The van der Waals surface area contributed by atoms with Crippen molar-refractivity contribution in [2.45, 2.75) is 46.1 Å². The van der Waals surface area contributed by atoms with Crippen LogP contribution in [0.1, 0.15) is 40.0 Å². The molecule has 1 N–H and O–H groups in total. The highest BCUT2D eigenvalue weighted by molar-refractivity contribution is 4.80. The zero-order valence-electron chi connectivity index (χ0n) is 12.7. The summed E-state index contributed by atoms with van der Waals surface area (Å²) in [4.78, 5) is 2.62. The lowest BCUT2D eigenvalue weighted by Crippen LogP contribution is -2.49. The van der Waals surface area contributed by atoms with Gasteiger partial charge in [0.05, 0.1) is 6.61 Å². The maximum absolute atomic E-state index is 5.38. The van der Waals surface area contributed by atoms with Crippen molar-refractivity contribution in [1.82, 2.24) is 10.2 Å². The van der Waals surface area contributed by atoms with E-state index in [1.165, 1.54) is 32.4 Å². The molecule has 0 aliphatic carbocycles. The fraction of sp³-hybridized carbons (Fsp3) is 1.00. The SMILES string of the molecule is CCCNCC(COC)N1CCC(C(C)C)CC1. The summed E-state index contributed by atoms with van der Waals surface area (Å²) >= 11 is 0. The first-order valence-electron chi connectivity index (χ1n) is 7.62. The molecule has 0 spiro atoms. The van der Waals surface area contributed by atoms with Crippen LogP contribution >= 0.6 is 0 Å². The first-order chi connectivity index (χ1) is 8.69. The van der Waals surface area contributed by atoms with Gasteiger partial charge in [0.2, 0.25) is 0 Å². The molecule has 3 nitrogen and oxygen atoms in total. The molecule has 1 fully saturated rings. The molecule has 1 atom stereocenters. The zero-order chi connectivity index (χ0) is 13.4. The molecule has 1 unspecified atom stereocenters. The quantitative estimate of drug-likeness (QED) is 0.675. The molecule has 1 aliphatic rings. The molecule has 0 aromatic heterocycles. The van der Waals surface area contributed by atoms with Crippen LogP contribution in [-0.2, 0) is 4.74 Å². The van der Waals surface area contributed by atoms with Gasteiger partial charge in [0.1, 0.15) is 0 Å². The third-order valence-electron chi connectivity index (χ3n) is 4.20. The first-order valence-corrected chi connectivity index (χ1v) is 7.62.